The van der Waals surface area contributed by atoms with Crippen LogP contribution in [0.5, 0.6) is 0 Å². The summed E-state index contributed by atoms with van der Waals surface area (Å²) in [7, 11) is 0. The Morgan fingerprint density at radius 3 is 2.86 bits per heavy atom. The van der Waals surface area contributed by atoms with Gasteiger partial charge < -0.3 is 21.1 Å². The van der Waals surface area contributed by atoms with Gasteiger partial charge >= 0.3 is 0 Å². The van der Waals surface area contributed by atoms with Crippen molar-refractivity contribution in [1.29, 1.82) is 5.26 Å². The molecule has 0 spiro atoms. The number of aliphatic hydroxyl groups excluding tert-OH is 1. The average molecular weight is 309 g/mol. The zero-order valence-corrected chi connectivity index (χ0v) is 12.4. The summed E-state index contributed by atoms with van der Waals surface area (Å²) >= 11 is 5.87. The van der Waals surface area contributed by atoms with Crippen molar-refractivity contribution in [2.45, 2.75) is 6.92 Å². The third-order valence-electron chi connectivity index (χ3n) is 2.73. The fourth-order valence-corrected chi connectivity index (χ4v) is 1.75. The Kier molecular flexibility index (Phi) is 6.53. The molecule has 0 heterocycles. The first-order valence-electron chi connectivity index (χ1n) is 6.35. The van der Waals surface area contributed by atoms with E-state index < -0.39 is 5.91 Å². The van der Waals surface area contributed by atoms with Crippen molar-refractivity contribution in [3.8, 4) is 6.07 Å². The zero-order valence-electron chi connectivity index (χ0n) is 11.6. The first-order chi connectivity index (χ1) is 10.0. The predicted molar refractivity (Wildman–Crippen MR) is 82.5 cm³/mol. The van der Waals surface area contributed by atoms with E-state index >= 15 is 0 Å². The van der Waals surface area contributed by atoms with Crippen LogP contribution in [0.3, 0.4) is 0 Å². The van der Waals surface area contributed by atoms with E-state index in [1.165, 1.54) is 12.3 Å². The summed E-state index contributed by atoms with van der Waals surface area (Å²) in [5.74, 6) is -0.547. The maximum atomic E-state index is 12.0. The molecule has 0 aliphatic carbocycles. The van der Waals surface area contributed by atoms with Crippen molar-refractivity contribution in [3.63, 3.8) is 0 Å². The molecule has 1 amide bonds. The lowest BCUT2D eigenvalue weighted by Crippen LogP contribution is -2.23. The quantitative estimate of drug-likeness (QED) is 0.421. The van der Waals surface area contributed by atoms with Crippen molar-refractivity contribution in [2.75, 3.05) is 30.7 Å². The molecule has 0 unspecified atom stereocenters. The largest absolute Gasteiger partial charge is 0.398 e. The molecule has 0 saturated carbocycles. The van der Waals surface area contributed by atoms with Crippen molar-refractivity contribution in [1.82, 2.24) is 4.90 Å². The Hall–Kier alpha value is -2.23. The van der Waals surface area contributed by atoms with Crippen LogP contribution in [0.1, 0.15) is 6.92 Å². The molecule has 0 atom stereocenters. The third kappa shape index (κ3) is 4.99. The van der Waals surface area contributed by atoms with Crippen LogP contribution in [0.4, 0.5) is 11.4 Å². The van der Waals surface area contributed by atoms with E-state index in [1.54, 1.807) is 17.0 Å². The van der Waals surface area contributed by atoms with E-state index in [1.807, 2.05) is 13.0 Å². The number of carbonyl (C=O) groups excluding carboxylic acids is 1. The number of hydrogen-bond acceptors (Lipinski definition) is 5. The SMILES string of the molecule is CCN(/C=C(/C#N)C(=O)Nc1ccc(N)c(Cl)c1)CCO. The molecule has 1 aromatic rings. The van der Waals surface area contributed by atoms with Gasteiger partial charge in [-0.2, -0.15) is 5.26 Å². The van der Waals surface area contributed by atoms with Crippen molar-refractivity contribution < 1.29 is 9.90 Å². The number of amides is 1. The number of anilines is 2. The van der Waals surface area contributed by atoms with Crippen molar-refractivity contribution >= 4 is 28.9 Å². The predicted octanol–water partition coefficient (Wildman–Crippen LogP) is 1.58. The molecule has 7 heteroatoms. The van der Waals surface area contributed by atoms with E-state index in [0.717, 1.165) is 0 Å². The van der Waals surface area contributed by atoms with E-state index in [4.69, 9.17) is 27.7 Å². The first kappa shape index (κ1) is 16.8. The maximum Gasteiger partial charge on any atom is 0.267 e. The Morgan fingerprint density at radius 2 is 2.33 bits per heavy atom. The van der Waals surface area contributed by atoms with Gasteiger partial charge in [-0.15, -0.1) is 0 Å². The molecular weight excluding hydrogens is 292 g/mol. The first-order valence-corrected chi connectivity index (χ1v) is 6.72. The Balaban J connectivity index is 2.86. The summed E-state index contributed by atoms with van der Waals surface area (Å²) in [4.78, 5) is 13.7. The fraction of sp³-hybridized carbons (Fsp3) is 0.286. The van der Waals surface area contributed by atoms with Crippen LogP contribution in [0.2, 0.25) is 5.02 Å². The second-order valence-electron chi connectivity index (χ2n) is 4.20. The maximum absolute atomic E-state index is 12.0. The molecule has 1 aromatic carbocycles. The van der Waals surface area contributed by atoms with Gasteiger partial charge in [0.25, 0.3) is 5.91 Å². The lowest BCUT2D eigenvalue weighted by molar-refractivity contribution is -0.112. The minimum atomic E-state index is -0.547. The van der Waals surface area contributed by atoms with Gasteiger partial charge in [-0.3, -0.25) is 4.79 Å². The number of benzene rings is 1. The highest BCUT2D eigenvalue weighted by atomic mass is 35.5. The number of likely N-dealkylation sites (N-methyl/N-ethyl adjacent to an activating group) is 1. The molecule has 112 valence electrons. The molecule has 0 bridgehead atoms. The number of nitrogens with zero attached hydrogens (tertiary/aromatic N) is 2. The van der Waals surface area contributed by atoms with Gasteiger partial charge in [-0.05, 0) is 25.1 Å². The van der Waals surface area contributed by atoms with Gasteiger partial charge in [0.2, 0.25) is 0 Å². The van der Waals surface area contributed by atoms with Gasteiger partial charge in [0.05, 0.1) is 17.3 Å². The monoisotopic (exact) mass is 308 g/mol. The average Bonchev–Trinajstić information content (AvgIpc) is 2.47. The number of halogens is 1. The minimum absolute atomic E-state index is 0.0572. The second kappa shape index (κ2) is 8.15. The number of nitrogens with one attached hydrogen (secondary N) is 1. The van der Waals surface area contributed by atoms with Crippen LogP contribution in [0.25, 0.3) is 0 Å². The summed E-state index contributed by atoms with van der Waals surface area (Å²) in [6.45, 7) is 2.73. The normalized spacial score (nSPS) is 10.9. The smallest absolute Gasteiger partial charge is 0.267 e. The molecule has 0 radical (unpaired) electrons. The molecular formula is C14H17ClN4O2. The molecule has 0 aliphatic rings. The summed E-state index contributed by atoms with van der Waals surface area (Å²) < 4.78 is 0. The van der Waals surface area contributed by atoms with Gasteiger partial charge in [0.15, 0.2) is 0 Å². The molecule has 0 aliphatic heterocycles. The highest BCUT2D eigenvalue weighted by molar-refractivity contribution is 6.33. The lowest BCUT2D eigenvalue weighted by atomic mass is 10.2. The Bertz CT molecular complexity index is 581. The zero-order chi connectivity index (χ0) is 15.8. The van der Waals surface area contributed by atoms with Crippen molar-refractivity contribution in [3.05, 3.63) is 35.0 Å². The van der Waals surface area contributed by atoms with Crippen molar-refractivity contribution in [2.24, 2.45) is 0 Å². The molecule has 21 heavy (non-hydrogen) atoms. The highest BCUT2D eigenvalue weighted by Gasteiger charge is 2.11. The number of carbonyl (C=O) groups is 1. The van der Waals surface area contributed by atoms with Gasteiger partial charge in [-0.1, -0.05) is 11.6 Å². The summed E-state index contributed by atoms with van der Waals surface area (Å²) in [5.41, 5.74) is 6.38. The lowest BCUT2D eigenvalue weighted by Gasteiger charge is -2.17. The van der Waals surface area contributed by atoms with Crippen LogP contribution in [0.15, 0.2) is 30.0 Å². The number of nitriles is 1. The minimum Gasteiger partial charge on any atom is -0.398 e. The van der Waals surface area contributed by atoms with Gasteiger partial charge in [-0.25, -0.2) is 0 Å². The van der Waals surface area contributed by atoms with Gasteiger partial charge in [0.1, 0.15) is 11.6 Å². The molecule has 6 nitrogen and oxygen atoms in total. The van der Waals surface area contributed by atoms with Crippen LogP contribution in [-0.4, -0.2) is 35.6 Å². The molecule has 1 rings (SSSR count). The van der Waals surface area contributed by atoms with Gasteiger partial charge in [0, 0.05) is 25.0 Å². The van der Waals surface area contributed by atoms with E-state index in [0.29, 0.717) is 29.5 Å². The molecule has 0 aromatic heterocycles. The number of rotatable bonds is 6. The second-order valence-corrected chi connectivity index (χ2v) is 4.60. The Labute approximate surface area is 128 Å². The van der Waals surface area contributed by atoms with E-state index in [2.05, 4.69) is 5.32 Å². The van der Waals surface area contributed by atoms with E-state index in [-0.39, 0.29) is 12.2 Å². The Morgan fingerprint density at radius 1 is 1.62 bits per heavy atom. The number of hydrogen-bond donors (Lipinski definition) is 3. The summed E-state index contributed by atoms with van der Waals surface area (Å²) in [5, 5.41) is 20.9. The third-order valence-corrected chi connectivity index (χ3v) is 3.06. The van der Waals surface area contributed by atoms with Crippen LogP contribution in [-0.2, 0) is 4.79 Å². The highest BCUT2D eigenvalue weighted by Crippen LogP contribution is 2.22. The van der Waals surface area contributed by atoms with Crippen LogP contribution >= 0.6 is 11.6 Å². The number of nitrogens with two attached hydrogens (primary N) is 1. The number of nitrogen functional groups attached to an aromatic ring is 1. The molecule has 0 saturated heterocycles. The number of aliphatic hydroxyl groups is 1. The topological polar surface area (TPSA) is 102 Å². The fourth-order valence-electron chi connectivity index (χ4n) is 1.57. The summed E-state index contributed by atoms with van der Waals surface area (Å²) in [6, 6.07) is 6.51. The van der Waals surface area contributed by atoms with Crippen LogP contribution in [0, 0.1) is 11.3 Å². The molecule has 0 fully saturated rings. The molecule has 4 N–H and O–H groups in total. The van der Waals surface area contributed by atoms with Crippen LogP contribution < -0.4 is 11.1 Å². The standard InChI is InChI=1S/C14H17ClN4O2/c1-2-19(5-6-20)9-10(8-16)14(21)18-11-3-4-13(17)12(15)7-11/h3-4,7,9,20H,2,5-6,17H2,1H3,(H,18,21)/b10-9-. The van der Waals surface area contributed by atoms with E-state index in [9.17, 15) is 4.79 Å². The summed E-state index contributed by atoms with van der Waals surface area (Å²) in [6.07, 6.45) is 1.42.